The third-order valence-electron chi connectivity index (χ3n) is 3.50. The zero-order valence-electron chi connectivity index (χ0n) is 13.4. The lowest BCUT2D eigenvalue weighted by Gasteiger charge is -2.23. The summed E-state index contributed by atoms with van der Waals surface area (Å²) in [5.74, 6) is -0.127. The molecule has 0 saturated heterocycles. The molecule has 1 N–H and O–H groups in total. The van der Waals surface area contributed by atoms with Gasteiger partial charge in [0.2, 0.25) is 0 Å². The molecule has 0 fully saturated rings. The highest BCUT2D eigenvalue weighted by atomic mass is 16.5. The third kappa shape index (κ3) is 5.76. The number of nitrogens with zero attached hydrogens (tertiary/aromatic N) is 1. The molecule has 0 spiro atoms. The Morgan fingerprint density at radius 2 is 2.05 bits per heavy atom. The second-order valence-corrected chi connectivity index (χ2v) is 5.06. The molecule has 1 aromatic carbocycles. The van der Waals surface area contributed by atoms with Gasteiger partial charge in [-0.15, -0.1) is 0 Å². The van der Waals surface area contributed by atoms with Gasteiger partial charge in [0.05, 0.1) is 12.2 Å². The van der Waals surface area contributed by atoms with Crippen LogP contribution < -0.4 is 4.90 Å². The lowest BCUT2D eigenvalue weighted by atomic mass is 10.1. The van der Waals surface area contributed by atoms with Crippen LogP contribution in [0.15, 0.2) is 18.2 Å². The lowest BCUT2D eigenvalue weighted by molar-refractivity contribution is -0.143. The van der Waals surface area contributed by atoms with Gasteiger partial charge in [0.25, 0.3) is 0 Å². The van der Waals surface area contributed by atoms with Crippen molar-refractivity contribution in [3.63, 3.8) is 0 Å². The van der Waals surface area contributed by atoms with Gasteiger partial charge >= 0.3 is 5.97 Å². The molecule has 22 heavy (non-hydrogen) atoms. The molecule has 0 radical (unpaired) electrons. The minimum Gasteiger partial charge on any atom is -0.507 e. The number of rotatable bonds is 10. The number of hydrogen-bond donors (Lipinski definition) is 1. The number of unbranched alkanes of at least 4 members (excludes halogenated alkanes) is 2. The van der Waals surface area contributed by atoms with E-state index in [1.165, 1.54) is 0 Å². The average molecular weight is 307 g/mol. The van der Waals surface area contributed by atoms with Crippen molar-refractivity contribution in [3.05, 3.63) is 23.8 Å². The second-order valence-electron chi connectivity index (χ2n) is 5.06. The van der Waals surface area contributed by atoms with E-state index < -0.39 is 0 Å². The van der Waals surface area contributed by atoms with Crippen LogP contribution in [0.1, 0.15) is 49.9 Å². The van der Waals surface area contributed by atoms with Gasteiger partial charge in [-0.05, 0) is 38.8 Å². The topological polar surface area (TPSA) is 66.8 Å². The van der Waals surface area contributed by atoms with Crippen molar-refractivity contribution < 1.29 is 19.4 Å². The Balaban J connectivity index is 2.40. The number of aldehydes is 1. The van der Waals surface area contributed by atoms with Crippen molar-refractivity contribution in [2.24, 2.45) is 0 Å². The number of benzene rings is 1. The van der Waals surface area contributed by atoms with Crippen LogP contribution >= 0.6 is 0 Å². The van der Waals surface area contributed by atoms with E-state index in [-0.39, 0.29) is 11.7 Å². The summed E-state index contributed by atoms with van der Waals surface area (Å²) in [4.78, 5) is 24.1. The SMILES string of the molecule is CCOC(=O)CCCCCN(CC)c1ccc(C=O)c(O)c1. The number of carbonyl (C=O) groups excluding carboxylic acids is 2. The summed E-state index contributed by atoms with van der Waals surface area (Å²) in [6.45, 7) is 5.95. The molecule has 5 nitrogen and oxygen atoms in total. The van der Waals surface area contributed by atoms with Crippen molar-refractivity contribution >= 4 is 17.9 Å². The number of esters is 1. The van der Waals surface area contributed by atoms with Crippen LogP contribution in [-0.4, -0.2) is 37.1 Å². The van der Waals surface area contributed by atoms with Gasteiger partial charge < -0.3 is 14.7 Å². The number of anilines is 1. The summed E-state index contributed by atoms with van der Waals surface area (Å²) < 4.78 is 4.89. The normalized spacial score (nSPS) is 10.3. The molecule has 1 rings (SSSR count). The highest BCUT2D eigenvalue weighted by Gasteiger charge is 2.08. The van der Waals surface area contributed by atoms with Crippen LogP contribution in [0.4, 0.5) is 5.69 Å². The van der Waals surface area contributed by atoms with Gasteiger partial charge in [-0.1, -0.05) is 6.42 Å². The van der Waals surface area contributed by atoms with E-state index in [9.17, 15) is 14.7 Å². The number of carbonyl (C=O) groups is 2. The minimum atomic E-state index is -0.135. The number of aromatic hydroxyl groups is 1. The fourth-order valence-corrected chi connectivity index (χ4v) is 2.28. The summed E-state index contributed by atoms with van der Waals surface area (Å²) in [5, 5.41) is 9.75. The second kappa shape index (κ2) is 9.82. The molecule has 0 unspecified atom stereocenters. The standard InChI is InChI=1S/C17H25NO4/c1-3-18(11-7-5-6-8-17(21)22-4-2)15-10-9-14(13-19)16(20)12-15/h9-10,12-13,20H,3-8,11H2,1-2H3. The molecule has 0 aliphatic rings. The van der Waals surface area contributed by atoms with E-state index in [2.05, 4.69) is 4.90 Å². The first-order valence-electron chi connectivity index (χ1n) is 7.81. The summed E-state index contributed by atoms with van der Waals surface area (Å²) in [6.07, 6.45) is 3.85. The maximum absolute atomic E-state index is 11.2. The number of phenols is 1. The Hall–Kier alpha value is -2.04. The Bertz CT molecular complexity index is 488. The van der Waals surface area contributed by atoms with E-state index >= 15 is 0 Å². The maximum atomic E-state index is 11.2. The van der Waals surface area contributed by atoms with Crippen molar-refractivity contribution in [1.29, 1.82) is 0 Å². The fourth-order valence-electron chi connectivity index (χ4n) is 2.28. The molecule has 122 valence electrons. The van der Waals surface area contributed by atoms with Crippen molar-refractivity contribution in [3.8, 4) is 5.75 Å². The molecule has 5 heteroatoms. The van der Waals surface area contributed by atoms with Crippen LogP contribution in [0, 0.1) is 0 Å². The van der Waals surface area contributed by atoms with Gasteiger partial charge in [0, 0.05) is 31.3 Å². The van der Waals surface area contributed by atoms with Gasteiger partial charge in [-0.3, -0.25) is 9.59 Å². The first kappa shape index (κ1) is 18.0. The van der Waals surface area contributed by atoms with Crippen LogP contribution in [0.2, 0.25) is 0 Å². The van der Waals surface area contributed by atoms with E-state index in [0.29, 0.717) is 24.9 Å². The summed E-state index contributed by atoms with van der Waals surface area (Å²) in [7, 11) is 0. The molecular formula is C17H25NO4. The van der Waals surface area contributed by atoms with Gasteiger partial charge in [-0.25, -0.2) is 0 Å². The summed E-state index contributed by atoms with van der Waals surface area (Å²) in [6, 6.07) is 5.08. The fraction of sp³-hybridized carbons (Fsp3) is 0.529. The van der Waals surface area contributed by atoms with Crippen molar-refractivity contribution in [1.82, 2.24) is 0 Å². The molecule has 0 aliphatic carbocycles. The highest BCUT2D eigenvalue weighted by molar-refractivity contribution is 5.80. The van der Waals surface area contributed by atoms with E-state index in [1.54, 1.807) is 12.1 Å². The predicted octanol–water partition coefficient (Wildman–Crippen LogP) is 3.15. The molecule has 0 saturated carbocycles. The van der Waals surface area contributed by atoms with Crippen LogP contribution in [0.25, 0.3) is 0 Å². The first-order valence-corrected chi connectivity index (χ1v) is 7.81. The van der Waals surface area contributed by atoms with Crippen LogP contribution in [0.5, 0.6) is 5.75 Å². The summed E-state index contributed by atoms with van der Waals surface area (Å²) in [5.41, 5.74) is 1.20. The predicted molar refractivity (Wildman–Crippen MR) is 86.5 cm³/mol. The largest absolute Gasteiger partial charge is 0.507 e. The maximum Gasteiger partial charge on any atom is 0.305 e. The van der Waals surface area contributed by atoms with E-state index in [0.717, 1.165) is 38.0 Å². The molecular weight excluding hydrogens is 282 g/mol. The van der Waals surface area contributed by atoms with Crippen LogP contribution in [0.3, 0.4) is 0 Å². The Kier molecular flexibility index (Phi) is 8.04. The smallest absolute Gasteiger partial charge is 0.305 e. The first-order chi connectivity index (χ1) is 10.6. The molecule has 0 aliphatic heterocycles. The van der Waals surface area contributed by atoms with Crippen LogP contribution in [-0.2, 0) is 9.53 Å². The quantitative estimate of drug-likeness (QED) is 0.408. The minimum absolute atomic E-state index is 0.00765. The average Bonchev–Trinajstić information content (AvgIpc) is 2.51. The Labute approximate surface area is 131 Å². The molecule has 0 bridgehead atoms. The third-order valence-corrected chi connectivity index (χ3v) is 3.50. The zero-order valence-corrected chi connectivity index (χ0v) is 13.4. The molecule has 0 atom stereocenters. The van der Waals surface area contributed by atoms with Gasteiger partial charge in [0.15, 0.2) is 6.29 Å². The van der Waals surface area contributed by atoms with Crippen molar-refractivity contribution in [2.75, 3.05) is 24.6 Å². The molecule has 0 heterocycles. The van der Waals surface area contributed by atoms with E-state index in [4.69, 9.17) is 4.74 Å². The monoisotopic (exact) mass is 307 g/mol. The van der Waals surface area contributed by atoms with Crippen molar-refractivity contribution in [2.45, 2.75) is 39.5 Å². The van der Waals surface area contributed by atoms with E-state index in [1.807, 2.05) is 19.9 Å². The highest BCUT2D eigenvalue weighted by Crippen LogP contribution is 2.24. The number of ether oxygens (including phenoxy) is 1. The number of phenolic OH excluding ortho intramolecular Hbond substituents is 1. The Morgan fingerprint density at radius 1 is 1.27 bits per heavy atom. The molecule has 0 aromatic heterocycles. The lowest BCUT2D eigenvalue weighted by Crippen LogP contribution is -2.23. The van der Waals surface area contributed by atoms with Gasteiger partial charge in [-0.2, -0.15) is 0 Å². The van der Waals surface area contributed by atoms with Gasteiger partial charge in [0.1, 0.15) is 5.75 Å². The zero-order chi connectivity index (χ0) is 16.4. The number of hydrogen-bond acceptors (Lipinski definition) is 5. The summed E-state index contributed by atoms with van der Waals surface area (Å²) >= 11 is 0. The molecule has 0 amide bonds. The molecule has 1 aromatic rings. The Morgan fingerprint density at radius 3 is 2.64 bits per heavy atom.